The van der Waals surface area contributed by atoms with Crippen LogP contribution in [0.3, 0.4) is 0 Å². The highest BCUT2D eigenvalue weighted by Gasteiger charge is 2.37. The molecule has 0 atom stereocenters. The molecule has 0 amide bonds. The topological polar surface area (TPSA) is 26.3 Å². The van der Waals surface area contributed by atoms with Crippen LogP contribution < -0.4 is 0 Å². The molecule has 0 N–H and O–H groups in total. The van der Waals surface area contributed by atoms with Gasteiger partial charge in [-0.15, -0.1) is 11.8 Å². The van der Waals surface area contributed by atoms with Crippen LogP contribution in [0.15, 0.2) is 0 Å². The lowest BCUT2D eigenvalue weighted by Gasteiger charge is -2.29. The minimum atomic E-state index is -0.292. The van der Waals surface area contributed by atoms with Gasteiger partial charge in [0.2, 0.25) is 0 Å². The summed E-state index contributed by atoms with van der Waals surface area (Å²) in [5, 5.41) is 0. The van der Waals surface area contributed by atoms with Crippen molar-refractivity contribution in [2.24, 2.45) is 0 Å². The maximum Gasteiger partial charge on any atom is 0.322 e. The summed E-state index contributed by atoms with van der Waals surface area (Å²) in [5.41, 5.74) is 0. The SMILES string of the molecule is CCCCOC(=O)C(CCCC)(CCCC)SC. The molecule has 108 valence electrons. The first-order valence-electron chi connectivity index (χ1n) is 7.39. The molecule has 0 aromatic rings. The zero-order valence-electron chi connectivity index (χ0n) is 12.6. The Morgan fingerprint density at radius 2 is 1.50 bits per heavy atom. The van der Waals surface area contributed by atoms with E-state index in [4.69, 9.17) is 4.74 Å². The van der Waals surface area contributed by atoms with E-state index in [-0.39, 0.29) is 10.7 Å². The van der Waals surface area contributed by atoms with Crippen LogP contribution in [0.1, 0.15) is 72.1 Å². The van der Waals surface area contributed by atoms with Gasteiger partial charge < -0.3 is 4.74 Å². The fourth-order valence-corrected chi connectivity index (χ4v) is 2.90. The molecule has 0 aliphatic rings. The van der Waals surface area contributed by atoms with E-state index in [2.05, 4.69) is 20.8 Å². The Morgan fingerprint density at radius 3 is 1.89 bits per heavy atom. The molecule has 0 unspecified atom stereocenters. The van der Waals surface area contributed by atoms with Crippen LogP contribution in [0.5, 0.6) is 0 Å². The van der Waals surface area contributed by atoms with E-state index in [0.29, 0.717) is 6.61 Å². The van der Waals surface area contributed by atoms with Crippen molar-refractivity contribution in [2.45, 2.75) is 76.9 Å². The molecule has 0 bridgehead atoms. The predicted molar refractivity (Wildman–Crippen MR) is 81.2 cm³/mol. The van der Waals surface area contributed by atoms with Gasteiger partial charge in [-0.25, -0.2) is 0 Å². The van der Waals surface area contributed by atoms with Crippen molar-refractivity contribution >= 4 is 17.7 Å². The molecular weight excluding hydrogens is 244 g/mol. The summed E-state index contributed by atoms with van der Waals surface area (Å²) >= 11 is 1.69. The molecule has 0 rings (SSSR count). The Labute approximate surface area is 117 Å². The maximum absolute atomic E-state index is 12.3. The third kappa shape index (κ3) is 6.12. The van der Waals surface area contributed by atoms with E-state index < -0.39 is 0 Å². The standard InChI is InChI=1S/C15H30O2S/c1-5-8-11-15(18-4,12-9-6-2)14(16)17-13-10-7-3/h5-13H2,1-4H3. The van der Waals surface area contributed by atoms with Crippen LogP contribution in [0.25, 0.3) is 0 Å². The number of thioether (sulfide) groups is 1. The van der Waals surface area contributed by atoms with Crippen molar-refractivity contribution in [1.82, 2.24) is 0 Å². The molecule has 18 heavy (non-hydrogen) atoms. The summed E-state index contributed by atoms with van der Waals surface area (Å²) in [6, 6.07) is 0. The Kier molecular flexibility index (Phi) is 10.6. The second-order valence-electron chi connectivity index (χ2n) is 4.89. The number of rotatable bonds is 11. The molecule has 0 fully saturated rings. The van der Waals surface area contributed by atoms with Gasteiger partial charge in [0.05, 0.1) is 6.61 Å². The normalized spacial score (nSPS) is 11.6. The Balaban J connectivity index is 4.52. The molecule has 3 heteroatoms. The van der Waals surface area contributed by atoms with Crippen molar-refractivity contribution < 1.29 is 9.53 Å². The van der Waals surface area contributed by atoms with Gasteiger partial charge in [-0.3, -0.25) is 4.79 Å². The number of esters is 1. The van der Waals surface area contributed by atoms with E-state index in [0.717, 1.165) is 51.4 Å². The Hall–Kier alpha value is -0.180. The molecule has 0 saturated carbocycles. The van der Waals surface area contributed by atoms with Gasteiger partial charge in [0.25, 0.3) is 0 Å². The first-order chi connectivity index (χ1) is 8.66. The number of carbonyl (C=O) groups is 1. The first kappa shape index (κ1) is 17.8. The van der Waals surface area contributed by atoms with Gasteiger partial charge >= 0.3 is 5.97 Å². The molecule has 0 aromatic carbocycles. The van der Waals surface area contributed by atoms with Crippen molar-refractivity contribution in [1.29, 1.82) is 0 Å². The van der Waals surface area contributed by atoms with E-state index >= 15 is 0 Å². The molecule has 0 spiro atoms. The van der Waals surface area contributed by atoms with Crippen LogP contribution in [-0.4, -0.2) is 23.6 Å². The van der Waals surface area contributed by atoms with Crippen LogP contribution >= 0.6 is 11.8 Å². The maximum atomic E-state index is 12.3. The lowest BCUT2D eigenvalue weighted by molar-refractivity contribution is -0.147. The van der Waals surface area contributed by atoms with Gasteiger partial charge in [0.1, 0.15) is 4.75 Å². The zero-order chi connectivity index (χ0) is 13.9. The van der Waals surface area contributed by atoms with Crippen LogP contribution in [0, 0.1) is 0 Å². The highest BCUT2D eigenvalue weighted by molar-refractivity contribution is 8.00. The van der Waals surface area contributed by atoms with Gasteiger partial charge in [-0.05, 0) is 25.5 Å². The fourth-order valence-electron chi connectivity index (χ4n) is 1.98. The van der Waals surface area contributed by atoms with E-state index in [1.165, 1.54) is 0 Å². The molecule has 0 radical (unpaired) electrons. The summed E-state index contributed by atoms with van der Waals surface area (Å²) in [6.45, 7) is 7.04. The number of hydrogen-bond acceptors (Lipinski definition) is 3. The molecule has 0 aromatic heterocycles. The highest BCUT2D eigenvalue weighted by Crippen LogP contribution is 2.35. The lowest BCUT2D eigenvalue weighted by Crippen LogP contribution is -2.37. The van der Waals surface area contributed by atoms with Crippen LogP contribution in [0.4, 0.5) is 0 Å². The molecule has 2 nitrogen and oxygen atoms in total. The van der Waals surface area contributed by atoms with Crippen LogP contribution in [0.2, 0.25) is 0 Å². The average Bonchev–Trinajstić information content (AvgIpc) is 2.40. The van der Waals surface area contributed by atoms with Gasteiger partial charge in [-0.1, -0.05) is 52.9 Å². The predicted octanol–water partition coefficient (Wildman–Crippen LogP) is 4.81. The van der Waals surface area contributed by atoms with Crippen molar-refractivity contribution in [3.05, 3.63) is 0 Å². The minimum Gasteiger partial charge on any atom is -0.465 e. The third-order valence-corrected chi connectivity index (χ3v) is 4.72. The molecule has 0 aliphatic carbocycles. The zero-order valence-corrected chi connectivity index (χ0v) is 13.4. The summed E-state index contributed by atoms with van der Waals surface area (Å²) in [4.78, 5) is 12.3. The quantitative estimate of drug-likeness (QED) is 0.399. The van der Waals surface area contributed by atoms with Gasteiger partial charge in [0, 0.05) is 0 Å². The summed E-state index contributed by atoms with van der Waals surface area (Å²) in [5.74, 6) is 0.0188. The number of carbonyl (C=O) groups excluding carboxylic acids is 1. The minimum absolute atomic E-state index is 0.0188. The van der Waals surface area contributed by atoms with Crippen molar-refractivity contribution in [3.63, 3.8) is 0 Å². The molecule has 0 aliphatic heterocycles. The van der Waals surface area contributed by atoms with Crippen LogP contribution in [-0.2, 0) is 9.53 Å². The summed E-state index contributed by atoms with van der Waals surface area (Å²) in [6.07, 6.45) is 10.5. The highest BCUT2D eigenvalue weighted by atomic mass is 32.2. The Morgan fingerprint density at radius 1 is 1.00 bits per heavy atom. The van der Waals surface area contributed by atoms with Gasteiger partial charge in [0.15, 0.2) is 0 Å². The van der Waals surface area contributed by atoms with Gasteiger partial charge in [-0.2, -0.15) is 0 Å². The smallest absolute Gasteiger partial charge is 0.322 e. The second-order valence-corrected chi connectivity index (χ2v) is 6.08. The van der Waals surface area contributed by atoms with Crippen molar-refractivity contribution in [2.75, 3.05) is 12.9 Å². The monoisotopic (exact) mass is 274 g/mol. The summed E-state index contributed by atoms with van der Waals surface area (Å²) in [7, 11) is 0. The largest absolute Gasteiger partial charge is 0.465 e. The molecule has 0 saturated heterocycles. The average molecular weight is 274 g/mol. The molecule has 0 heterocycles. The number of hydrogen-bond donors (Lipinski definition) is 0. The second kappa shape index (κ2) is 10.7. The lowest BCUT2D eigenvalue weighted by atomic mass is 9.95. The number of ether oxygens (including phenoxy) is 1. The third-order valence-electron chi connectivity index (χ3n) is 3.36. The number of unbranched alkanes of at least 4 members (excludes halogenated alkanes) is 3. The van der Waals surface area contributed by atoms with E-state index in [9.17, 15) is 4.79 Å². The Bertz CT molecular complexity index is 209. The van der Waals surface area contributed by atoms with E-state index in [1.807, 2.05) is 6.26 Å². The first-order valence-corrected chi connectivity index (χ1v) is 8.61. The van der Waals surface area contributed by atoms with E-state index in [1.54, 1.807) is 11.8 Å². The fraction of sp³-hybridized carbons (Fsp3) is 0.933. The summed E-state index contributed by atoms with van der Waals surface area (Å²) < 4.78 is 5.18. The van der Waals surface area contributed by atoms with Crippen molar-refractivity contribution in [3.8, 4) is 0 Å². The molecular formula is C15H30O2S.